The van der Waals surface area contributed by atoms with Gasteiger partial charge in [0.15, 0.2) is 0 Å². The molecule has 2 aliphatic rings. The first-order valence-corrected chi connectivity index (χ1v) is 8.90. The summed E-state index contributed by atoms with van der Waals surface area (Å²) in [4.78, 5) is 40.4. The van der Waals surface area contributed by atoms with Gasteiger partial charge in [0.05, 0.1) is 25.4 Å². The summed E-state index contributed by atoms with van der Waals surface area (Å²) in [6, 6.07) is 8.59. The summed E-state index contributed by atoms with van der Waals surface area (Å²) < 4.78 is 9.83. The van der Waals surface area contributed by atoms with Gasteiger partial charge in [-0.1, -0.05) is 25.1 Å². The highest BCUT2D eigenvalue weighted by molar-refractivity contribution is 6.19. The van der Waals surface area contributed by atoms with Crippen LogP contribution in [0.1, 0.15) is 18.9 Å². The summed E-state index contributed by atoms with van der Waals surface area (Å²) in [7, 11) is 2.29. The zero-order chi connectivity index (χ0) is 21.3. The molecule has 1 spiro atoms. The number of nitrogens with two attached hydrogens (primary N) is 1. The number of carbonyl (C=O) groups excluding carboxylic acids is 3. The monoisotopic (exact) mass is 396 g/mol. The number of ether oxygens (including phenoxy) is 2. The van der Waals surface area contributed by atoms with E-state index in [0.717, 1.165) is 14.2 Å². The van der Waals surface area contributed by atoms with Gasteiger partial charge in [-0.3, -0.25) is 4.79 Å². The van der Waals surface area contributed by atoms with Crippen molar-refractivity contribution >= 4 is 23.5 Å². The van der Waals surface area contributed by atoms with E-state index >= 15 is 0 Å². The van der Waals surface area contributed by atoms with E-state index < -0.39 is 23.3 Å². The largest absolute Gasteiger partial charge is 0.466 e. The van der Waals surface area contributed by atoms with Crippen LogP contribution in [0.3, 0.4) is 0 Å². The number of carbonyl (C=O) groups is 3. The first-order valence-electron chi connectivity index (χ1n) is 8.90. The molecule has 2 heterocycles. The van der Waals surface area contributed by atoms with Crippen LogP contribution in [0.15, 0.2) is 46.9 Å². The van der Waals surface area contributed by atoms with Crippen LogP contribution in [0.2, 0.25) is 0 Å². The average molecular weight is 396 g/mol. The Hall–Kier alpha value is -3.80. The van der Waals surface area contributed by atoms with E-state index in [1.807, 2.05) is 13.0 Å². The molecule has 0 radical (unpaired) electrons. The van der Waals surface area contributed by atoms with Gasteiger partial charge in [-0.2, -0.15) is 5.26 Å². The molecule has 1 aromatic rings. The quantitative estimate of drug-likeness (QED) is 0.717. The van der Waals surface area contributed by atoms with E-state index in [0.29, 0.717) is 17.7 Å². The number of methoxy groups -OCH3 is 2. The maximum absolute atomic E-state index is 13.3. The smallest absolute Gasteiger partial charge is 0.355 e. The highest BCUT2D eigenvalue weighted by Crippen LogP contribution is 2.52. The second-order valence-corrected chi connectivity index (χ2v) is 6.48. The molecule has 0 aliphatic carbocycles. The highest BCUT2D eigenvalue weighted by atomic mass is 16.5. The molecule has 0 aromatic heterocycles. The van der Waals surface area contributed by atoms with Gasteiger partial charge in [0.2, 0.25) is 5.91 Å². The number of rotatable bonds is 4. The van der Waals surface area contributed by atoms with Gasteiger partial charge >= 0.3 is 11.9 Å². The van der Waals surface area contributed by atoms with Gasteiger partial charge in [-0.15, -0.1) is 0 Å². The third-order valence-corrected chi connectivity index (χ3v) is 5.05. The average Bonchev–Trinajstić information content (AvgIpc) is 3.01. The van der Waals surface area contributed by atoms with Crippen LogP contribution in [0.25, 0.3) is 0 Å². The Bertz CT molecular complexity index is 1020. The maximum Gasteiger partial charge on any atom is 0.355 e. The lowest BCUT2D eigenvalue weighted by molar-refractivity contribution is -0.142. The Balaban J connectivity index is 2.53. The predicted molar refractivity (Wildman–Crippen MR) is 102 cm³/mol. The van der Waals surface area contributed by atoms with E-state index in [4.69, 9.17) is 15.2 Å². The van der Waals surface area contributed by atoms with Gasteiger partial charge in [0.25, 0.3) is 0 Å². The molecular weight excluding hydrogens is 376 g/mol. The molecule has 1 aromatic carbocycles. The molecular formula is C20H20N4O5. The topological polar surface area (TPSA) is 135 Å². The van der Waals surface area contributed by atoms with E-state index in [1.165, 1.54) is 4.90 Å². The van der Waals surface area contributed by atoms with Crippen LogP contribution in [0, 0.1) is 11.3 Å². The van der Waals surface area contributed by atoms with Gasteiger partial charge in [0, 0.05) is 17.8 Å². The zero-order valence-electron chi connectivity index (χ0n) is 16.2. The molecule has 1 atom stereocenters. The molecule has 3 N–H and O–H groups in total. The van der Waals surface area contributed by atoms with E-state index in [1.54, 1.807) is 24.3 Å². The molecule has 150 valence electrons. The molecule has 2 aliphatic heterocycles. The summed E-state index contributed by atoms with van der Waals surface area (Å²) >= 11 is 0. The van der Waals surface area contributed by atoms with Gasteiger partial charge in [0.1, 0.15) is 23.0 Å². The molecule has 0 saturated heterocycles. The van der Waals surface area contributed by atoms with Crippen molar-refractivity contribution in [1.82, 2.24) is 4.90 Å². The van der Waals surface area contributed by atoms with Crippen molar-refractivity contribution in [3.05, 3.63) is 52.5 Å². The summed E-state index contributed by atoms with van der Waals surface area (Å²) in [5.74, 6) is -2.56. The standard InChI is InChI=1S/C20H20N4O5/c1-4-9-24-15(18(26)29-3)14(17(25)28-2)20(12(10-21)16(24)22)11-7-5-6-8-13(11)23-19(20)27/h5-8H,4,9,22H2,1-3H3,(H,23,27)/t20-/m1/s1. The predicted octanol–water partition coefficient (Wildman–Crippen LogP) is 0.896. The first-order chi connectivity index (χ1) is 13.9. The normalized spacial score (nSPS) is 20.3. The maximum atomic E-state index is 13.3. The molecule has 0 bridgehead atoms. The number of para-hydroxylation sites is 1. The van der Waals surface area contributed by atoms with Crippen molar-refractivity contribution < 1.29 is 23.9 Å². The van der Waals surface area contributed by atoms with E-state index in [9.17, 15) is 19.6 Å². The first kappa shape index (κ1) is 19.9. The van der Waals surface area contributed by atoms with Crippen LogP contribution in [-0.4, -0.2) is 43.5 Å². The SMILES string of the molecule is CCCN1C(N)=C(C#N)[C@@]2(C(=O)Nc3ccccc32)C(C(=O)OC)=C1C(=O)OC. The third-order valence-electron chi connectivity index (χ3n) is 5.05. The molecule has 0 unspecified atom stereocenters. The molecule has 29 heavy (non-hydrogen) atoms. The van der Waals surface area contributed by atoms with Gasteiger partial charge in [-0.25, -0.2) is 9.59 Å². The van der Waals surface area contributed by atoms with E-state index in [-0.39, 0.29) is 29.2 Å². The summed E-state index contributed by atoms with van der Waals surface area (Å²) in [6.45, 7) is 2.06. The fourth-order valence-electron chi connectivity index (χ4n) is 3.90. The third kappa shape index (κ3) is 2.56. The van der Waals surface area contributed by atoms with Crippen LogP contribution < -0.4 is 11.1 Å². The number of anilines is 1. The second kappa shape index (κ2) is 7.31. The molecule has 9 nitrogen and oxygen atoms in total. The van der Waals surface area contributed by atoms with Crippen molar-refractivity contribution in [2.24, 2.45) is 5.73 Å². The van der Waals surface area contributed by atoms with Crippen molar-refractivity contribution in [2.45, 2.75) is 18.8 Å². The Morgan fingerprint density at radius 1 is 1.24 bits per heavy atom. The Morgan fingerprint density at radius 2 is 1.90 bits per heavy atom. The van der Waals surface area contributed by atoms with Crippen LogP contribution >= 0.6 is 0 Å². The number of benzene rings is 1. The highest BCUT2D eigenvalue weighted by Gasteiger charge is 2.61. The molecule has 3 rings (SSSR count). The lowest BCUT2D eigenvalue weighted by atomic mass is 9.67. The zero-order valence-corrected chi connectivity index (χ0v) is 16.2. The fourth-order valence-corrected chi connectivity index (χ4v) is 3.90. The number of nitriles is 1. The van der Waals surface area contributed by atoms with E-state index in [2.05, 4.69) is 5.32 Å². The number of hydrogen-bond donors (Lipinski definition) is 2. The van der Waals surface area contributed by atoms with Crippen LogP contribution in [0.4, 0.5) is 5.69 Å². The number of nitrogens with one attached hydrogen (secondary N) is 1. The van der Waals surface area contributed by atoms with Crippen molar-refractivity contribution in [1.29, 1.82) is 5.26 Å². The van der Waals surface area contributed by atoms with Crippen LogP contribution in [-0.2, 0) is 29.3 Å². The Morgan fingerprint density at radius 3 is 2.48 bits per heavy atom. The minimum absolute atomic E-state index is 0.0887. The van der Waals surface area contributed by atoms with Crippen molar-refractivity contribution in [3.8, 4) is 6.07 Å². The minimum Gasteiger partial charge on any atom is -0.466 e. The van der Waals surface area contributed by atoms with Crippen molar-refractivity contribution in [2.75, 3.05) is 26.1 Å². The second-order valence-electron chi connectivity index (χ2n) is 6.48. The molecule has 0 saturated carbocycles. The summed E-state index contributed by atoms with van der Waals surface area (Å²) in [6.07, 6.45) is 0.546. The minimum atomic E-state index is -1.92. The molecule has 1 amide bonds. The lowest BCUT2D eigenvalue weighted by Gasteiger charge is -2.40. The number of nitrogens with zero attached hydrogens (tertiary/aromatic N) is 2. The Kier molecular flexibility index (Phi) is 5.03. The number of hydrogen-bond acceptors (Lipinski definition) is 8. The number of fused-ring (bicyclic) bond motifs is 2. The Labute approximate surface area is 167 Å². The lowest BCUT2D eigenvalue weighted by Crippen LogP contribution is -2.51. The molecule has 9 heteroatoms. The molecule has 0 fully saturated rings. The number of amides is 1. The van der Waals surface area contributed by atoms with Gasteiger partial charge < -0.3 is 25.4 Å². The number of esters is 2. The summed E-state index contributed by atoms with van der Waals surface area (Å²) in [5, 5.41) is 12.7. The van der Waals surface area contributed by atoms with Gasteiger partial charge in [-0.05, 0) is 12.5 Å². The fraction of sp³-hybridized carbons (Fsp3) is 0.300. The summed E-state index contributed by atoms with van der Waals surface area (Å²) in [5.41, 5.74) is 4.45. The van der Waals surface area contributed by atoms with Crippen molar-refractivity contribution in [3.63, 3.8) is 0 Å². The van der Waals surface area contributed by atoms with Crippen LogP contribution in [0.5, 0.6) is 0 Å².